The van der Waals surface area contributed by atoms with Gasteiger partial charge in [-0.1, -0.05) is 18.2 Å². The quantitative estimate of drug-likeness (QED) is 0.357. The van der Waals surface area contributed by atoms with Crippen LogP contribution in [0, 0.1) is 10.1 Å². The fraction of sp³-hybridized carbons (Fsp3) is 0. The molecule has 19 heavy (non-hydrogen) atoms. The van der Waals surface area contributed by atoms with Gasteiger partial charge >= 0.3 is 5.69 Å². The second kappa shape index (κ2) is 5.60. The van der Waals surface area contributed by atoms with Crippen LogP contribution >= 0.6 is 0 Å². The van der Waals surface area contributed by atoms with Gasteiger partial charge in [0.2, 0.25) is 11.6 Å². The van der Waals surface area contributed by atoms with Crippen LogP contribution in [0.2, 0.25) is 0 Å². The van der Waals surface area contributed by atoms with Crippen molar-refractivity contribution in [3.05, 3.63) is 46.8 Å². The van der Waals surface area contributed by atoms with Crippen molar-refractivity contribution in [2.45, 2.75) is 0 Å². The number of benzene rings is 1. The number of rotatable bonds is 5. The zero-order valence-electron chi connectivity index (χ0n) is 9.70. The number of nitro groups is 1. The van der Waals surface area contributed by atoms with Crippen molar-refractivity contribution in [1.29, 1.82) is 0 Å². The second-order valence-electron chi connectivity index (χ2n) is 3.44. The van der Waals surface area contributed by atoms with Gasteiger partial charge in [0.15, 0.2) is 0 Å². The van der Waals surface area contributed by atoms with E-state index in [1.807, 2.05) is 18.2 Å². The van der Waals surface area contributed by atoms with Gasteiger partial charge in [-0.25, -0.2) is 15.8 Å². The highest BCUT2D eigenvalue weighted by Crippen LogP contribution is 2.27. The number of hydrogen-bond acceptors (Lipinski definition) is 8. The van der Waals surface area contributed by atoms with Crippen LogP contribution in [0.5, 0.6) is 0 Å². The SMILES string of the molecule is NNc1ncnc(NNc2ccccc2)c1[N+](=O)[O-]. The highest BCUT2D eigenvalue weighted by atomic mass is 16.6. The van der Waals surface area contributed by atoms with Gasteiger partial charge in [-0.3, -0.25) is 21.0 Å². The van der Waals surface area contributed by atoms with Crippen LogP contribution < -0.4 is 22.1 Å². The number of aromatic nitrogens is 2. The average Bonchev–Trinajstić information content (AvgIpc) is 2.45. The first-order chi connectivity index (χ1) is 9.22. The number of anilines is 3. The average molecular weight is 261 g/mol. The minimum absolute atomic E-state index is 0.0109. The van der Waals surface area contributed by atoms with Crippen molar-refractivity contribution in [3.8, 4) is 0 Å². The van der Waals surface area contributed by atoms with Gasteiger partial charge < -0.3 is 5.43 Å². The molecule has 0 amide bonds. The molecule has 0 spiro atoms. The number of nitrogens with zero attached hydrogens (tertiary/aromatic N) is 3. The van der Waals surface area contributed by atoms with Crippen LogP contribution in [0.1, 0.15) is 0 Å². The first-order valence-electron chi connectivity index (χ1n) is 5.25. The molecule has 0 saturated carbocycles. The molecule has 1 heterocycles. The van der Waals surface area contributed by atoms with Gasteiger partial charge in [0.05, 0.1) is 10.6 Å². The molecule has 9 heteroatoms. The Morgan fingerprint density at radius 1 is 1.11 bits per heavy atom. The Balaban J connectivity index is 2.23. The molecule has 0 radical (unpaired) electrons. The third kappa shape index (κ3) is 2.84. The molecule has 1 aromatic carbocycles. The minimum atomic E-state index is -0.621. The lowest BCUT2D eigenvalue weighted by atomic mass is 10.3. The Morgan fingerprint density at radius 3 is 2.42 bits per heavy atom. The van der Waals surface area contributed by atoms with Crippen molar-refractivity contribution in [2.24, 2.45) is 5.84 Å². The van der Waals surface area contributed by atoms with E-state index in [9.17, 15) is 10.1 Å². The lowest BCUT2D eigenvalue weighted by Gasteiger charge is -2.10. The summed E-state index contributed by atoms with van der Waals surface area (Å²) in [7, 11) is 0. The van der Waals surface area contributed by atoms with Crippen LogP contribution in [0.4, 0.5) is 23.0 Å². The van der Waals surface area contributed by atoms with Crippen LogP contribution in [-0.2, 0) is 0 Å². The molecule has 0 saturated heterocycles. The van der Waals surface area contributed by atoms with Gasteiger partial charge in [-0.2, -0.15) is 0 Å². The van der Waals surface area contributed by atoms with Crippen molar-refractivity contribution in [2.75, 3.05) is 16.3 Å². The smallest absolute Gasteiger partial charge is 0.303 e. The van der Waals surface area contributed by atoms with E-state index < -0.39 is 4.92 Å². The first kappa shape index (κ1) is 12.5. The molecular weight excluding hydrogens is 250 g/mol. The third-order valence-corrected chi connectivity index (χ3v) is 2.24. The summed E-state index contributed by atoms with van der Waals surface area (Å²) in [4.78, 5) is 17.8. The third-order valence-electron chi connectivity index (χ3n) is 2.24. The number of nitrogens with two attached hydrogens (primary N) is 1. The number of para-hydroxylation sites is 1. The zero-order valence-corrected chi connectivity index (χ0v) is 9.70. The second-order valence-corrected chi connectivity index (χ2v) is 3.44. The molecule has 0 bridgehead atoms. The van der Waals surface area contributed by atoms with Crippen molar-refractivity contribution in [3.63, 3.8) is 0 Å². The minimum Gasteiger partial charge on any atom is -0.303 e. The van der Waals surface area contributed by atoms with Crippen molar-refractivity contribution in [1.82, 2.24) is 9.97 Å². The van der Waals surface area contributed by atoms with E-state index >= 15 is 0 Å². The maximum atomic E-state index is 11.0. The van der Waals surface area contributed by atoms with Gasteiger partial charge in [0.25, 0.3) is 0 Å². The molecule has 0 aliphatic rings. The highest BCUT2D eigenvalue weighted by Gasteiger charge is 2.22. The predicted octanol–water partition coefficient (Wildman–Crippen LogP) is 1.11. The predicted molar refractivity (Wildman–Crippen MR) is 70.2 cm³/mol. The fourth-order valence-corrected chi connectivity index (χ4v) is 1.40. The summed E-state index contributed by atoms with van der Waals surface area (Å²) in [5.74, 6) is 5.11. The Morgan fingerprint density at radius 2 is 1.79 bits per heavy atom. The van der Waals surface area contributed by atoms with Gasteiger partial charge in [0, 0.05) is 0 Å². The Hall–Kier alpha value is -2.94. The maximum absolute atomic E-state index is 11.0. The fourth-order valence-electron chi connectivity index (χ4n) is 1.40. The van der Waals surface area contributed by atoms with E-state index in [4.69, 9.17) is 5.84 Å². The van der Waals surface area contributed by atoms with Gasteiger partial charge in [-0.05, 0) is 12.1 Å². The summed E-state index contributed by atoms with van der Waals surface area (Å²) in [5.41, 5.74) is 7.99. The van der Waals surface area contributed by atoms with E-state index in [-0.39, 0.29) is 17.3 Å². The number of hydrazine groups is 2. The lowest BCUT2D eigenvalue weighted by Crippen LogP contribution is -2.16. The summed E-state index contributed by atoms with van der Waals surface area (Å²) in [6, 6.07) is 9.09. The molecule has 2 rings (SSSR count). The molecule has 2 aromatic rings. The summed E-state index contributed by atoms with van der Waals surface area (Å²) in [6.07, 6.45) is 1.16. The monoisotopic (exact) mass is 261 g/mol. The summed E-state index contributed by atoms with van der Waals surface area (Å²) < 4.78 is 0. The number of hydrogen-bond donors (Lipinski definition) is 4. The molecule has 98 valence electrons. The molecular formula is C10H11N7O2. The van der Waals surface area contributed by atoms with Crippen LogP contribution in [0.15, 0.2) is 36.7 Å². The molecule has 0 unspecified atom stereocenters. The summed E-state index contributed by atoms with van der Waals surface area (Å²) >= 11 is 0. The normalized spacial score (nSPS) is 9.74. The van der Waals surface area contributed by atoms with Crippen LogP contribution in [-0.4, -0.2) is 14.9 Å². The number of nitrogen functional groups attached to an aromatic ring is 1. The van der Waals surface area contributed by atoms with Crippen LogP contribution in [0.25, 0.3) is 0 Å². The lowest BCUT2D eigenvalue weighted by molar-refractivity contribution is -0.383. The largest absolute Gasteiger partial charge is 0.356 e. The zero-order chi connectivity index (χ0) is 13.7. The molecule has 9 nitrogen and oxygen atoms in total. The molecule has 0 aliphatic heterocycles. The van der Waals surface area contributed by atoms with E-state index in [2.05, 4.69) is 26.2 Å². The van der Waals surface area contributed by atoms with Gasteiger partial charge in [0.1, 0.15) is 6.33 Å². The standard InChI is InChI=1S/C10H11N7O2/c11-14-9-8(17(18)19)10(13-6-12-9)16-15-7-4-2-1-3-5-7/h1-6,15H,11H2,(H2,12,13,14,16). The Kier molecular flexibility index (Phi) is 3.69. The van der Waals surface area contributed by atoms with E-state index in [1.165, 1.54) is 0 Å². The van der Waals surface area contributed by atoms with Crippen molar-refractivity contribution < 1.29 is 4.92 Å². The Bertz CT molecular complexity index is 575. The number of nitrogens with one attached hydrogen (secondary N) is 3. The maximum Gasteiger partial charge on any atom is 0.356 e. The molecule has 0 fully saturated rings. The highest BCUT2D eigenvalue weighted by molar-refractivity contribution is 5.70. The van der Waals surface area contributed by atoms with E-state index in [0.29, 0.717) is 0 Å². The summed E-state index contributed by atoms with van der Waals surface area (Å²) in [5, 5.41) is 11.0. The van der Waals surface area contributed by atoms with E-state index in [0.717, 1.165) is 12.0 Å². The molecule has 0 atom stereocenters. The van der Waals surface area contributed by atoms with Crippen molar-refractivity contribution >= 4 is 23.0 Å². The first-order valence-corrected chi connectivity index (χ1v) is 5.25. The summed E-state index contributed by atoms with van der Waals surface area (Å²) in [6.45, 7) is 0. The van der Waals surface area contributed by atoms with Gasteiger partial charge in [-0.15, -0.1) is 0 Å². The molecule has 0 aliphatic carbocycles. The van der Waals surface area contributed by atoms with Crippen LogP contribution in [0.3, 0.4) is 0 Å². The molecule has 1 aromatic heterocycles. The molecule has 5 N–H and O–H groups in total. The Labute approximate surface area is 108 Å². The van der Waals surface area contributed by atoms with E-state index in [1.54, 1.807) is 12.1 Å². The topological polar surface area (TPSA) is 131 Å².